The average Bonchev–Trinajstić information content (AvgIpc) is 3.46. The second-order valence-electron chi connectivity index (χ2n) is 11.5. The zero-order chi connectivity index (χ0) is 27.3. The van der Waals surface area contributed by atoms with Crippen LogP contribution in [0.2, 0.25) is 13.1 Å². The van der Waals surface area contributed by atoms with Crippen LogP contribution in [0.3, 0.4) is 0 Å². The summed E-state index contributed by atoms with van der Waals surface area (Å²) in [5, 5.41) is 8.37. The topological polar surface area (TPSA) is 95.4 Å². The second kappa shape index (κ2) is 9.73. The first kappa shape index (κ1) is 27.1. The van der Waals surface area contributed by atoms with E-state index in [1.165, 1.54) is 18.4 Å². The van der Waals surface area contributed by atoms with Gasteiger partial charge in [0.2, 0.25) is 0 Å². The molecule has 4 aromatic rings. The van der Waals surface area contributed by atoms with E-state index in [0.29, 0.717) is 27.3 Å². The Balaban J connectivity index is 1.93. The number of benzene rings is 1. The number of hydrogen-bond donors (Lipinski definition) is 1. The molecule has 37 heavy (non-hydrogen) atoms. The van der Waals surface area contributed by atoms with E-state index in [1.54, 1.807) is 10.6 Å². The van der Waals surface area contributed by atoms with Crippen LogP contribution >= 0.6 is 11.3 Å². The van der Waals surface area contributed by atoms with Crippen LogP contribution < -0.4 is 0 Å². The van der Waals surface area contributed by atoms with E-state index < -0.39 is 26.7 Å². The van der Waals surface area contributed by atoms with Gasteiger partial charge in [0.15, 0.2) is 9.04 Å². The highest BCUT2D eigenvalue weighted by molar-refractivity contribution is 7.21. The fraction of sp³-hybridized carbons (Fsp3) is 0.444. The van der Waals surface area contributed by atoms with Crippen LogP contribution in [0.25, 0.3) is 32.5 Å². The first-order valence-corrected chi connectivity index (χ1v) is 15.9. The maximum atomic E-state index is 13.5. The molecule has 1 atom stereocenters. The van der Waals surface area contributed by atoms with Crippen molar-refractivity contribution in [3.8, 4) is 11.4 Å². The molecule has 8 nitrogen and oxygen atoms in total. The Bertz CT molecular complexity index is 1470. The first-order valence-electron chi connectivity index (χ1n) is 12.3. The minimum atomic E-state index is -1.31. The predicted molar refractivity (Wildman–Crippen MR) is 150 cm³/mol. The van der Waals surface area contributed by atoms with E-state index in [0.717, 1.165) is 15.6 Å². The second-order valence-corrected chi connectivity index (χ2v) is 14.9. The molecular formula is C27H35N3O5SSi. The monoisotopic (exact) mass is 541 g/mol. The molecule has 0 saturated carbocycles. The first-order chi connectivity index (χ1) is 17.2. The number of carbonyl (C=O) groups excluding carboxylic acids is 2. The number of thiophene rings is 1. The van der Waals surface area contributed by atoms with E-state index in [-0.39, 0.29) is 11.5 Å². The van der Waals surface area contributed by atoms with Crippen LogP contribution in [0, 0.1) is 5.41 Å². The van der Waals surface area contributed by atoms with Crippen molar-refractivity contribution in [1.82, 2.24) is 14.8 Å². The summed E-state index contributed by atoms with van der Waals surface area (Å²) in [6.07, 6.45) is -0.571. The van der Waals surface area contributed by atoms with Crippen LogP contribution in [-0.2, 0) is 13.9 Å². The number of fused-ring (bicyclic) bond motifs is 2. The third-order valence-electron chi connectivity index (χ3n) is 5.76. The summed E-state index contributed by atoms with van der Waals surface area (Å²) in [7, 11) is 0.0381. The van der Waals surface area contributed by atoms with Gasteiger partial charge in [-0.15, -0.1) is 11.3 Å². The molecule has 0 amide bonds. The number of nitrogens with zero attached hydrogens (tertiary/aromatic N) is 2. The third-order valence-corrected chi connectivity index (χ3v) is 7.70. The molecule has 0 radical (unpaired) electrons. The Morgan fingerprint density at radius 1 is 1.08 bits per heavy atom. The number of methoxy groups -OCH3 is 1. The maximum absolute atomic E-state index is 13.5. The number of esters is 1. The third kappa shape index (κ3) is 5.51. The van der Waals surface area contributed by atoms with Crippen molar-refractivity contribution >= 4 is 53.6 Å². The van der Waals surface area contributed by atoms with E-state index in [4.69, 9.17) is 13.9 Å². The van der Waals surface area contributed by atoms with Crippen molar-refractivity contribution in [2.24, 2.45) is 5.41 Å². The molecule has 0 aliphatic heterocycles. The Morgan fingerprint density at radius 2 is 1.78 bits per heavy atom. The van der Waals surface area contributed by atoms with Crippen LogP contribution in [0.15, 0.2) is 30.3 Å². The maximum Gasteiger partial charge on any atom is 0.419 e. The lowest BCUT2D eigenvalue weighted by Gasteiger charge is -2.33. The zero-order valence-electron chi connectivity index (χ0n) is 22.9. The minimum Gasteiger partial charge on any atom is -0.465 e. The van der Waals surface area contributed by atoms with Gasteiger partial charge in [-0.3, -0.25) is 5.10 Å². The summed E-state index contributed by atoms with van der Waals surface area (Å²) in [5.41, 5.74) is 2.84. The molecule has 1 unspecified atom stereocenters. The van der Waals surface area contributed by atoms with Crippen molar-refractivity contribution in [1.29, 1.82) is 0 Å². The number of carbonyl (C=O) groups is 2. The normalized spacial score (nSPS) is 13.5. The lowest BCUT2D eigenvalue weighted by Crippen LogP contribution is -2.27. The van der Waals surface area contributed by atoms with E-state index in [2.05, 4.69) is 50.1 Å². The molecule has 0 fully saturated rings. The summed E-state index contributed by atoms with van der Waals surface area (Å²) in [4.78, 5) is 26.1. The fourth-order valence-corrected chi connectivity index (χ4v) is 6.46. The van der Waals surface area contributed by atoms with E-state index >= 15 is 0 Å². The number of hydrogen-bond acceptors (Lipinski definition) is 7. The molecule has 10 heteroatoms. The molecule has 4 rings (SSSR count). The van der Waals surface area contributed by atoms with Crippen molar-refractivity contribution in [3.63, 3.8) is 0 Å². The summed E-state index contributed by atoms with van der Waals surface area (Å²) in [6, 6.07) is 9.72. The fourth-order valence-electron chi connectivity index (χ4n) is 4.32. The van der Waals surface area contributed by atoms with Gasteiger partial charge in [0, 0.05) is 5.39 Å². The van der Waals surface area contributed by atoms with Crippen molar-refractivity contribution < 1.29 is 23.5 Å². The smallest absolute Gasteiger partial charge is 0.419 e. The molecule has 0 spiro atoms. The number of aromatic nitrogens is 3. The van der Waals surface area contributed by atoms with Gasteiger partial charge in [0.25, 0.3) is 0 Å². The Hall–Kier alpha value is -2.95. The number of ether oxygens (including phenoxy) is 2. The molecule has 3 heterocycles. The Kier molecular flexibility index (Phi) is 7.13. The molecule has 0 saturated heterocycles. The van der Waals surface area contributed by atoms with Gasteiger partial charge in [-0.05, 0) is 69.1 Å². The summed E-state index contributed by atoms with van der Waals surface area (Å²) < 4.78 is 19.4. The Labute approximate surface area is 222 Å². The Morgan fingerprint density at radius 3 is 2.38 bits per heavy atom. The molecule has 1 aromatic carbocycles. The van der Waals surface area contributed by atoms with E-state index in [9.17, 15) is 9.59 Å². The summed E-state index contributed by atoms with van der Waals surface area (Å²) >= 11 is 1.27. The number of rotatable bonds is 5. The van der Waals surface area contributed by atoms with Gasteiger partial charge in [-0.25, -0.2) is 14.2 Å². The molecule has 1 N–H and O–H groups in total. The van der Waals surface area contributed by atoms with Gasteiger partial charge < -0.3 is 13.9 Å². The largest absolute Gasteiger partial charge is 0.465 e. The van der Waals surface area contributed by atoms with Gasteiger partial charge >= 0.3 is 12.1 Å². The average molecular weight is 542 g/mol. The van der Waals surface area contributed by atoms with Crippen LogP contribution in [-0.4, -0.2) is 48.6 Å². The molecule has 0 aliphatic rings. The van der Waals surface area contributed by atoms with E-state index in [1.807, 2.05) is 39.0 Å². The van der Waals surface area contributed by atoms with Crippen LogP contribution in [0.5, 0.6) is 0 Å². The van der Waals surface area contributed by atoms with Crippen LogP contribution in [0.1, 0.15) is 62.9 Å². The van der Waals surface area contributed by atoms with Crippen molar-refractivity contribution in [2.75, 3.05) is 7.11 Å². The minimum absolute atomic E-state index is 0.0751. The number of aromatic amines is 1. The molecule has 198 valence electrons. The van der Waals surface area contributed by atoms with Crippen LogP contribution in [0.4, 0.5) is 4.79 Å². The predicted octanol–water partition coefficient (Wildman–Crippen LogP) is 6.90. The van der Waals surface area contributed by atoms with Gasteiger partial charge in [0.05, 0.1) is 34.6 Å². The van der Waals surface area contributed by atoms with Crippen molar-refractivity contribution in [3.05, 3.63) is 40.8 Å². The van der Waals surface area contributed by atoms with Gasteiger partial charge in [0.1, 0.15) is 16.2 Å². The standard InChI is InChI=1S/C27H35N3O5SSi/c1-26(2,3)23(35-37(8)9)15-10-11-18-16(12-15)13-19(30(18)25(32)34-27(4,5)6)21-22-17(28-29-21)14-20(36-22)24(31)33-7/h10-14,23,37H,1-9H3,(H,28,29). The number of H-pyrrole nitrogens is 1. The molecule has 0 aliphatic carbocycles. The summed E-state index contributed by atoms with van der Waals surface area (Å²) in [5.74, 6) is -0.417. The zero-order valence-corrected chi connectivity index (χ0v) is 24.9. The quantitative estimate of drug-likeness (QED) is 0.218. The highest BCUT2D eigenvalue weighted by Gasteiger charge is 2.30. The van der Waals surface area contributed by atoms with Crippen molar-refractivity contribution in [2.45, 2.75) is 66.3 Å². The highest BCUT2D eigenvalue weighted by Crippen LogP contribution is 2.40. The number of nitrogens with one attached hydrogen (secondary N) is 1. The molecule has 0 bridgehead atoms. The molecular weight excluding hydrogens is 506 g/mol. The summed E-state index contributed by atoms with van der Waals surface area (Å²) in [6.45, 7) is 16.4. The highest BCUT2D eigenvalue weighted by atomic mass is 32.1. The van der Waals surface area contributed by atoms with Gasteiger partial charge in [-0.2, -0.15) is 5.10 Å². The lowest BCUT2D eigenvalue weighted by atomic mass is 9.84. The van der Waals surface area contributed by atoms with Gasteiger partial charge in [-0.1, -0.05) is 26.8 Å². The molecule has 3 aromatic heterocycles. The SMILES string of the molecule is COC(=O)c1cc2[nH]nc(-c3cc4cc(C(O[SiH](C)C)C(C)(C)C)ccc4n3C(=O)OC(C)(C)C)c2s1. The lowest BCUT2D eigenvalue weighted by molar-refractivity contribution is 0.0545.